The second kappa shape index (κ2) is 9.96. The molecule has 0 bridgehead atoms. The number of benzene rings is 2. The summed E-state index contributed by atoms with van der Waals surface area (Å²) in [6.07, 6.45) is 2.89. The van der Waals surface area contributed by atoms with Gasteiger partial charge < -0.3 is 19.1 Å². The quantitative estimate of drug-likeness (QED) is 0.516. The Morgan fingerprint density at radius 1 is 1.13 bits per heavy atom. The fourth-order valence-corrected chi connectivity index (χ4v) is 3.43. The first-order valence-corrected chi connectivity index (χ1v) is 10.1. The van der Waals surface area contributed by atoms with E-state index >= 15 is 0 Å². The summed E-state index contributed by atoms with van der Waals surface area (Å²) in [4.78, 5) is 26.6. The number of methoxy groups -OCH3 is 1. The number of esters is 1. The van der Waals surface area contributed by atoms with Gasteiger partial charge >= 0.3 is 5.97 Å². The zero-order valence-electron chi connectivity index (χ0n) is 17.6. The van der Waals surface area contributed by atoms with E-state index in [0.29, 0.717) is 31.2 Å². The number of rotatable bonds is 7. The van der Waals surface area contributed by atoms with Gasteiger partial charge in [0, 0.05) is 19.2 Å². The second-order valence-corrected chi connectivity index (χ2v) is 7.03. The van der Waals surface area contributed by atoms with Gasteiger partial charge in [-0.3, -0.25) is 4.79 Å². The Hall–Kier alpha value is -3.28. The van der Waals surface area contributed by atoms with Crippen molar-refractivity contribution in [3.8, 4) is 11.5 Å². The molecule has 0 unspecified atom stereocenters. The van der Waals surface area contributed by atoms with Gasteiger partial charge in [0.25, 0.3) is 5.91 Å². The molecule has 3 rings (SSSR count). The molecule has 6 nitrogen and oxygen atoms in total. The number of fused-ring (bicyclic) bond motifs is 1. The first-order valence-electron chi connectivity index (χ1n) is 10.1. The van der Waals surface area contributed by atoms with E-state index in [0.717, 1.165) is 17.5 Å². The topological polar surface area (TPSA) is 65.1 Å². The first-order chi connectivity index (χ1) is 14.5. The molecule has 0 N–H and O–H groups in total. The van der Waals surface area contributed by atoms with Gasteiger partial charge in [-0.15, -0.1) is 0 Å². The van der Waals surface area contributed by atoms with Crippen LogP contribution in [0.15, 0.2) is 48.5 Å². The van der Waals surface area contributed by atoms with Crippen molar-refractivity contribution in [2.75, 3.05) is 20.3 Å². The van der Waals surface area contributed by atoms with Crippen LogP contribution in [0.25, 0.3) is 6.08 Å². The summed E-state index contributed by atoms with van der Waals surface area (Å²) in [5.74, 6) is 0.471. The Morgan fingerprint density at radius 2 is 1.90 bits per heavy atom. The fraction of sp³-hybridized carbons (Fsp3) is 0.333. The van der Waals surface area contributed by atoms with Crippen molar-refractivity contribution in [2.24, 2.45) is 0 Å². The van der Waals surface area contributed by atoms with Gasteiger partial charge in [-0.2, -0.15) is 0 Å². The summed E-state index contributed by atoms with van der Waals surface area (Å²) in [7, 11) is 1.56. The smallest absolute Gasteiger partial charge is 0.331 e. The highest BCUT2D eigenvalue weighted by atomic mass is 16.5. The third kappa shape index (κ3) is 5.20. The third-order valence-corrected chi connectivity index (χ3v) is 4.98. The standard InChI is InChI=1S/C24H27NO5/c1-4-29-21-11-9-18(15-22(21)28-3)10-12-23(26)30-17(2)24(27)25-14-13-19-7-5-6-8-20(19)16-25/h5-12,15,17H,4,13-14,16H2,1-3H3/b12-10+/t17-/m1/s1. The summed E-state index contributed by atoms with van der Waals surface area (Å²) in [5, 5.41) is 0. The molecule has 158 valence electrons. The van der Waals surface area contributed by atoms with Gasteiger partial charge in [0.15, 0.2) is 17.6 Å². The molecule has 0 aliphatic carbocycles. The van der Waals surface area contributed by atoms with Gasteiger partial charge in [0.2, 0.25) is 0 Å². The highest BCUT2D eigenvalue weighted by Crippen LogP contribution is 2.28. The summed E-state index contributed by atoms with van der Waals surface area (Å²) in [6, 6.07) is 13.5. The van der Waals surface area contributed by atoms with E-state index in [9.17, 15) is 9.59 Å². The van der Waals surface area contributed by atoms with Crippen molar-refractivity contribution in [3.05, 3.63) is 65.2 Å². The molecule has 1 amide bonds. The summed E-state index contributed by atoms with van der Waals surface area (Å²) < 4.78 is 16.1. The lowest BCUT2D eigenvalue weighted by molar-refractivity contribution is -0.155. The molecule has 0 aromatic heterocycles. The minimum absolute atomic E-state index is 0.186. The van der Waals surface area contributed by atoms with Crippen molar-refractivity contribution in [3.63, 3.8) is 0 Å². The molecule has 30 heavy (non-hydrogen) atoms. The highest BCUT2D eigenvalue weighted by molar-refractivity contribution is 5.90. The van der Waals surface area contributed by atoms with Crippen molar-refractivity contribution in [2.45, 2.75) is 32.9 Å². The molecule has 0 spiro atoms. The Morgan fingerprint density at radius 3 is 2.63 bits per heavy atom. The molecule has 2 aromatic rings. The average Bonchev–Trinajstić information content (AvgIpc) is 2.77. The zero-order chi connectivity index (χ0) is 21.5. The molecule has 1 heterocycles. The van der Waals surface area contributed by atoms with E-state index in [2.05, 4.69) is 6.07 Å². The molecule has 0 radical (unpaired) electrons. The number of nitrogens with zero attached hydrogens (tertiary/aromatic N) is 1. The van der Waals surface area contributed by atoms with E-state index in [1.165, 1.54) is 11.6 Å². The van der Waals surface area contributed by atoms with E-state index in [1.54, 1.807) is 37.1 Å². The van der Waals surface area contributed by atoms with Gasteiger partial charge in [-0.1, -0.05) is 30.3 Å². The Bertz CT molecular complexity index is 937. The molecular weight excluding hydrogens is 382 g/mol. The van der Waals surface area contributed by atoms with Crippen molar-refractivity contribution in [1.82, 2.24) is 4.90 Å². The van der Waals surface area contributed by atoms with Crippen LogP contribution in [0.1, 0.15) is 30.5 Å². The zero-order valence-corrected chi connectivity index (χ0v) is 17.6. The van der Waals surface area contributed by atoms with Crippen molar-refractivity contribution < 1.29 is 23.8 Å². The van der Waals surface area contributed by atoms with E-state index in [4.69, 9.17) is 14.2 Å². The summed E-state index contributed by atoms with van der Waals surface area (Å²) >= 11 is 0. The lowest BCUT2D eigenvalue weighted by Crippen LogP contribution is -2.42. The Balaban J connectivity index is 1.57. The van der Waals surface area contributed by atoms with Crippen LogP contribution < -0.4 is 9.47 Å². The van der Waals surface area contributed by atoms with Crippen LogP contribution in [0.5, 0.6) is 11.5 Å². The van der Waals surface area contributed by atoms with Gasteiger partial charge in [0.05, 0.1) is 13.7 Å². The van der Waals surface area contributed by atoms with Crippen LogP contribution in [0.2, 0.25) is 0 Å². The molecule has 0 saturated heterocycles. The lowest BCUT2D eigenvalue weighted by atomic mass is 9.99. The molecule has 0 saturated carbocycles. The lowest BCUT2D eigenvalue weighted by Gasteiger charge is -2.30. The van der Waals surface area contributed by atoms with Crippen LogP contribution in [0.3, 0.4) is 0 Å². The number of hydrogen-bond acceptors (Lipinski definition) is 5. The summed E-state index contributed by atoms with van der Waals surface area (Å²) in [6.45, 7) is 5.20. The minimum Gasteiger partial charge on any atom is -0.493 e. The predicted molar refractivity (Wildman–Crippen MR) is 114 cm³/mol. The number of carbonyl (C=O) groups is 2. The molecule has 0 fully saturated rings. The molecule has 2 aromatic carbocycles. The fourth-order valence-electron chi connectivity index (χ4n) is 3.43. The number of amides is 1. The SMILES string of the molecule is CCOc1ccc(/C=C/C(=O)O[C@H](C)C(=O)N2CCc3ccccc3C2)cc1OC. The number of carbonyl (C=O) groups excluding carboxylic acids is 2. The predicted octanol–water partition coefficient (Wildman–Crippen LogP) is 3.62. The average molecular weight is 409 g/mol. The maximum absolute atomic E-state index is 12.7. The Kier molecular flexibility index (Phi) is 7.12. The summed E-state index contributed by atoms with van der Waals surface area (Å²) in [5.41, 5.74) is 3.17. The molecule has 1 aliphatic rings. The van der Waals surface area contributed by atoms with E-state index in [1.807, 2.05) is 31.2 Å². The van der Waals surface area contributed by atoms with Crippen LogP contribution in [-0.4, -0.2) is 43.1 Å². The normalized spacial score (nSPS) is 14.2. The molecule has 1 aliphatic heterocycles. The molecular formula is C24H27NO5. The maximum Gasteiger partial charge on any atom is 0.331 e. The van der Waals surface area contributed by atoms with E-state index < -0.39 is 12.1 Å². The van der Waals surface area contributed by atoms with E-state index in [-0.39, 0.29) is 5.91 Å². The van der Waals surface area contributed by atoms with Crippen LogP contribution in [0.4, 0.5) is 0 Å². The van der Waals surface area contributed by atoms with Crippen LogP contribution >= 0.6 is 0 Å². The van der Waals surface area contributed by atoms with Gasteiger partial charge in [-0.05, 0) is 55.2 Å². The first kappa shape index (κ1) is 21.4. The Labute approximate surface area is 177 Å². The number of hydrogen-bond donors (Lipinski definition) is 0. The second-order valence-electron chi connectivity index (χ2n) is 7.03. The van der Waals surface area contributed by atoms with Crippen molar-refractivity contribution >= 4 is 18.0 Å². The van der Waals surface area contributed by atoms with Gasteiger partial charge in [-0.25, -0.2) is 4.79 Å². The van der Waals surface area contributed by atoms with Crippen LogP contribution in [-0.2, 0) is 27.3 Å². The number of ether oxygens (including phenoxy) is 3. The monoisotopic (exact) mass is 409 g/mol. The van der Waals surface area contributed by atoms with Crippen molar-refractivity contribution in [1.29, 1.82) is 0 Å². The largest absolute Gasteiger partial charge is 0.493 e. The third-order valence-electron chi connectivity index (χ3n) is 4.98. The van der Waals surface area contributed by atoms with Gasteiger partial charge in [0.1, 0.15) is 0 Å². The maximum atomic E-state index is 12.7. The van der Waals surface area contributed by atoms with Crippen LogP contribution in [0, 0.1) is 0 Å². The molecule has 6 heteroatoms. The molecule has 1 atom stereocenters. The highest BCUT2D eigenvalue weighted by Gasteiger charge is 2.26. The minimum atomic E-state index is -0.845.